The van der Waals surface area contributed by atoms with Gasteiger partial charge in [0.25, 0.3) is 0 Å². The maximum absolute atomic E-state index is 4.50. The van der Waals surface area contributed by atoms with Crippen LogP contribution in [0.5, 0.6) is 0 Å². The quantitative estimate of drug-likeness (QED) is 0.886. The van der Waals surface area contributed by atoms with Gasteiger partial charge in [0.2, 0.25) is 0 Å². The van der Waals surface area contributed by atoms with Crippen molar-refractivity contribution in [3.63, 3.8) is 0 Å². The van der Waals surface area contributed by atoms with E-state index in [0.29, 0.717) is 6.04 Å². The van der Waals surface area contributed by atoms with E-state index >= 15 is 0 Å². The molecule has 0 atom stereocenters. The van der Waals surface area contributed by atoms with E-state index in [4.69, 9.17) is 0 Å². The van der Waals surface area contributed by atoms with Crippen LogP contribution in [0.2, 0.25) is 0 Å². The van der Waals surface area contributed by atoms with E-state index in [1.165, 1.54) is 31.2 Å². The van der Waals surface area contributed by atoms with E-state index in [2.05, 4.69) is 33.3 Å². The molecule has 116 valence electrons. The summed E-state index contributed by atoms with van der Waals surface area (Å²) in [6.07, 6.45) is 12.5. The van der Waals surface area contributed by atoms with Crippen molar-refractivity contribution in [3.05, 3.63) is 30.2 Å². The zero-order valence-corrected chi connectivity index (χ0v) is 13.4. The summed E-state index contributed by atoms with van der Waals surface area (Å²) in [4.78, 5) is 0. The van der Waals surface area contributed by atoms with Crippen LogP contribution in [-0.4, -0.2) is 19.6 Å². The molecule has 2 aromatic rings. The van der Waals surface area contributed by atoms with Crippen molar-refractivity contribution >= 4 is 18.2 Å². The second-order valence-electron chi connectivity index (χ2n) is 5.58. The van der Waals surface area contributed by atoms with Gasteiger partial charge < -0.3 is 5.32 Å². The van der Waals surface area contributed by atoms with Gasteiger partial charge in [-0.15, -0.1) is 12.4 Å². The second kappa shape index (κ2) is 7.50. The molecule has 1 saturated carbocycles. The lowest BCUT2D eigenvalue weighted by molar-refractivity contribution is 0.466. The number of aromatic nitrogens is 4. The minimum Gasteiger partial charge on any atom is -0.364 e. The van der Waals surface area contributed by atoms with Gasteiger partial charge in [-0.3, -0.25) is 9.36 Å². The molecular formula is C15H24ClN5. The third-order valence-electron chi connectivity index (χ3n) is 3.92. The number of halogens is 1. The Bertz CT molecular complexity index is 542. The molecule has 2 heterocycles. The Kier molecular flexibility index (Phi) is 5.67. The molecular weight excluding hydrogens is 286 g/mol. The molecule has 1 N–H and O–H groups in total. The number of aryl methyl sites for hydroxylation is 1. The summed E-state index contributed by atoms with van der Waals surface area (Å²) in [7, 11) is 0. The topological polar surface area (TPSA) is 47.7 Å². The molecule has 21 heavy (non-hydrogen) atoms. The minimum absolute atomic E-state index is 0. The van der Waals surface area contributed by atoms with Crippen LogP contribution in [0.1, 0.15) is 50.6 Å². The van der Waals surface area contributed by atoms with Crippen LogP contribution >= 0.6 is 12.4 Å². The van der Waals surface area contributed by atoms with Crippen LogP contribution in [0.3, 0.4) is 0 Å². The zero-order valence-electron chi connectivity index (χ0n) is 12.5. The molecule has 0 aromatic carbocycles. The lowest BCUT2D eigenvalue weighted by Gasteiger charge is -2.08. The maximum atomic E-state index is 4.50. The van der Waals surface area contributed by atoms with Crippen molar-refractivity contribution in [2.75, 3.05) is 5.32 Å². The standard InChI is InChI=1S/C15H23N5.ClH/c1-2-8-19-9-7-15(18-19)16-10-13-11-17-20(12-13)14-5-3-4-6-14;/h7,9,11-12,14H,2-6,8,10H2,1H3,(H,16,18);1H. The molecule has 0 amide bonds. The first-order valence-electron chi connectivity index (χ1n) is 7.65. The number of hydrogen-bond donors (Lipinski definition) is 1. The van der Waals surface area contributed by atoms with Crippen LogP contribution in [0.4, 0.5) is 5.82 Å². The van der Waals surface area contributed by atoms with Crippen LogP contribution in [0.25, 0.3) is 0 Å². The van der Waals surface area contributed by atoms with Gasteiger partial charge in [-0.1, -0.05) is 19.8 Å². The fourth-order valence-electron chi connectivity index (χ4n) is 2.84. The highest BCUT2D eigenvalue weighted by molar-refractivity contribution is 5.85. The molecule has 5 nitrogen and oxygen atoms in total. The molecule has 0 spiro atoms. The van der Waals surface area contributed by atoms with Gasteiger partial charge >= 0.3 is 0 Å². The number of anilines is 1. The lowest BCUT2D eigenvalue weighted by Crippen LogP contribution is -2.05. The number of nitrogens with one attached hydrogen (secondary N) is 1. The number of rotatable bonds is 6. The Hall–Kier alpha value is -1.49. The Morgan fingerprint density at radius 3 is 2.90 bits per heavy atom. The largest absolute Gasteiger partial charge is 0.364 e. The van der Waals surface area contributed by atoms with E-state index in [1.807, 2.05) is 23.1 Å². The van der Waals surface area contributed by atoms with Crippen molar-refractivity contribution < 1.29 is 0 Å². The number of hydrogen-bond acceptors (Lipinski definition) is 3. The molecule has 1 aliphatic carbocycles. The van der Waals surface area contributed by atoms with E-state index in [1.54, 1.807) is 0 Å². The fourth-order valence-corrected chi connectivity index (χ4v) is 2.84. The minimum atomic E-state index is 0. The van der Waals surface area contributed by atoms with Gasteiger partial charge in [-0.25, -0.2) is 0 Å². The van der Waals surface area contributed by atoms with Gasteiger partial charge in [-0.2, -0.15) is 10.2 Å². The molecule has 2 aromatic heterocycles. The average Bonchev–Trinajstić information content (AvgIpc) is 3.18. The maximum Gasteiger partial charge on any atom is 0.148 e. The predicted molar refractivity (Wildman–Crippen MR) is 86.8 cm³/mol. The van der Waals surface area contributed by atoms with Crippen LogP contribution in [0, 0.1) is 0 Å². The van der Waals surface area contributed by atoms with Gasteiger partial charge in [0.15, 0.2) is 0 Å². The Morgan fingerprint density at radius 2 is 2.14 bits per heavy atom. The first kappa shape index (κ1) is 15.9. The van der Waals surface area contributed by atoms with E-state index in [9.17, 15) is 0 Å². The van der Waals surface area contributed by atoms with Crippen molar-refractivity contribution in [1.29, 1.82) is 0 Å². The summed E-state index contributed by atoms with van der Waals surface area (Å²) in [5, 5.41) is 12.3. The Labute approximate surface area is 132 Å². The number of nitrogens with zero attached hydrogens (tertiary/aromatic N) is 4. The Balaban J connectivity index is 0.00000161. The third-order valence-corrected chi connectivity index (χ3v) is 3.92. The summed E-state index contributed by atoms with van der Waals surface area (Å²) in [5.41, 5.74) is 1.22. The molecule has 1 fully saturated rings. The zero-order chi connectivity index (χ0) is 13.8. The first-order chi connectivity index (χ1) is 9.85. The molecule has 0 saturated heterocycles. The van der Waals surface area contributed by atoms with Crippen LogP contribution in [-0.2, 0) is 13.1 Å². The van der Waals surface area contributed by atoms with Gasteiger partial charge in [0, 0.05) is 37.1 Å². The van der Waals surface area contributed by atoms with Gasteiger partial charge in [-0.05, 0) is 19.3 Å². The average molecular weight is 310 g/mol. The normalized spacial score (nSPS) is 15.1. The van der Waals surface area contributed by atoms with Gasteiger partial charge in [0.1, 0.15) is 5.82 Å². The lowest BCUT2D eigenvalue weighted by atomic mass is 10.2. The molecule has 0 bridgehead atoms. The van der Waals surface area contributed by atoms with Crippen LogP contribution in [0.15, 0.2) is 24.7 Å². The molecule has 0 radical (unpaired) electrons. The van der Waals surface area contributed by atoms with Crippen molar-refractivity contribution in [3.8, 4) is 0 Å². The second-order valence-corrected chi connectivity index (χ2v) is 5.58. The molecule has 3 rings (SSSR count). The molecule has 1 aliphatic rings. The van der Waals surface area contributed by atoms with Crippen molar-refractivity contribution in [2.45, 2.75) is 58.2 Å². The monoisotopic (exact) mass is 309 g/mol. The molecule has 6 heteroatoms. The Morgan fingerprint density at radius 1 is 1.33 bits per heavy atom. The predicted octanol–water partition coefficient (Wildman–Crippen LogP) is 3.64. The van der Waals surface area contributed by atoms with Crippen LogP contribution < -0.4 is 5.32 Å². The molecule has 0 unspecified atom stereocenters. The summed E-state index contributed by atoms with van der Waals surface area (Å²) in [6.45, 7) is 3.92. The summed E-state index contributed by atoms with van der Waals surface area (Å²) in [6, 6.07) is 2.64. The summed E-state index contributed by atoms with van der Waals surface area (Å²) < 4.78 is 4.12. The van der Waals surface area contributed by atoms with E-state index in [-0.39, 0.29) is 12.4 Å². The smallest absolute Gasteiger partial charge is 0.148 e. The SMILES string of the molecule is CCCn1ccc(NCc2cnn(C3CCCC3)c2)n1.Cl. The highest BCUT2D eigenvalue weighted by Crippen LogP contribution is 2.28. The fraction of sp³-hybridized carbons (Fsp3) is 0.600. The van der Waals surface area contributed by atoms with E-state index in [0.717, 1.165) is 25.3 Å². The van der Waals surface area contributed by atoms with Gasteiger partial charge in [0.05, 0.1) is 12.2 Å². The van der Waals surface area contributed by atoms with Crippen molar-refractivity contribution in [1.82, 2.24) is 19.6 Å². The van der Waals surface area contributed by atoms with Crippen molar-refractivity contribution in [2.24, 2.45) is 0 Å². The summed E-state index contributed by atoms with van der Waals surface area (Å²) >= 11 is 0. The summed E-state index contributed by atoms with van der Waals surface area (Å²) in [5.74, 6) is 0.937. The first-order valence-corrected chi connectivity index (χ1v) is 7.65. The highest BCUT2D eigenvalue weighted by Gasteiger charge is 2.17. The molecule has 0 aliphatic heterocycles. The van der Waals surface area contributed by atoms with E-state index < -0.39 is 0 Å². The third kappa shape index (κ3) is 4.00. The highest BCUT2D eigenvalue weighted by atomic mass is 35.5.